The van der Waals surface area contributed by atoms with E-state index in [2.05, 4.69) is 10.6 Å². The van der Waals surface area contributed by atoms with Gasteiger partial charge in [-0.25, -0.2) is 13.2 Å². The molecule has 0 unspecified atom stereocenters. The molecule has 3 rings (SSSR count). The molecule has 0 aromatic heterocycles. The fourth-order valence-corrected chi connectivity index (χ4v) is 5.03. The highest BCUT2D eigenvalue weighted by Crippen LogP contribution is 2.25. The molecule has 0 saturated carbocycles. The quantitative estimate of drug-likeness (QED) is 0.701. The van der Waals surface area contributed by atoms with Crippen molar-refractivity contribution in [2.75, 3.05) is 32.1 Å². The molecule has 7 nitrogen and oxygen atoms in total. The number of carbonyl (C=O) groups excluding carboxylic acids is 1. The highest BCUT2D eigenvalue weighted by molar-refractivity contribution is 7.89. The van der Waals surface area contributed by atoms with Crippen molar-refractivity contribution in [3.8, 4) is 5.75 Å². The Morgan fingerprint density at radius 3 is 2.50 bits per heavy atom. The van der Waals surface area contributed by atoms with Crippen molar-refractivity contribution < 1.29 is 17.9 Å². The minimum atomic E-state index is -3.43. The van der Waals surface area contributed by atoms with E-state index in [0.29, 0.717) is 41.9 Å². The molecule has 1 saturated heterocycles. The predicted octanol–water partition coefficient (Wildman–Crippen LogP) is 3.62. The van der Waals surface area contributed by atoms with Gasteiger partial charge in [0.05, 0.1) is 12.0 Å². The number of piperidine rings is 1. The van der Waals surface area contributed by atoms with Gasteiger partial charge in [-0.3, -0.25) is 0 Å². The number of amides is 2. The van der Waals surface area contributed by atoms with Gasteiger partial charge >= 0.3 is 6.03 Å². The fraction of sp³-hybridized carbons (Fsp3) is 0.409. The van der Waals surface area contributed by atoms with Gasteiger partial charge in [-0.05, 0) is 56.4 Å². The van der Waals surface area contributed by atoms with Crippen LogP contribution < -0.4 is 15.4 Å². The average molecular weight is 432 g/mol. The number of hydrogen-bond acceptors (Lipinski definition) is 4. The summed E-state index contributed by atoms with van der Waals surface area (Å²) in [4.78, 5) is 12.4. The van der Waals surface area contributed by atoms with Crippen LogP contribution in [0.5, 0.6) is 5.75 Å². The number of anilines is 1. The van der Waals surface area contributed by atoms with E-state index < -0.39 is 10.0 Å². The van der Waals surface area contributed by atoms with Gasteiger partial charge in [0, 0.05) is 31.4 Å². The van der Waals surface area contributed by atoms with Crippen LogP contribution in [0.1, 0.15) is 24.8 Å². The molecular formula is C22H29N3O4S. The standard InChI is InChI=1S/C22H29N3O4S/c1-17-6-8-21(9-7-17)30(27,28)25-14-11-18(12-15-25)10-13-23-22(26)24-19-4-3-5-20(16-19)29-2/h3-9,16,18H,10-15H2,1-2H3,(H2,23,24,26). The number of rotatable bonds is 7. The third kappa shape index (κ3) is 5.73. The van der Waals surface area contributed by atoms with Crippen LogP contribution in [0.3, 0.4) is 0 Å². The lowest BCUT2D eigenvalue weighted by molar-refractivity contribution is 0.245. The molecule has 1 fully saturated rings. The van der Waals surface area contributed by atoms with Crippen LogP contribution in [-0.4, -0.2) is 45.5 Å². The SMILES string of the molecule is COc1cccc(NC(=O)NCCC2CCN(S(=O)(=O)c3ccc(C)cc3)CC2)c1. The van der Waals surface area contributed by atoms with Crippen LogP contribution in [0.15, 0.2) is 53.4 Å². The van der Waals surface area contributed by atoms with Gasteiger partial charge in [-0.1, -0.05) is 23.8 Å². The van der Waals surface area contributed by atoms with Crippen molar-refractivity contribution >= 4 is 21.7 Å². The van der Waals surface area contributed by atoms with E-state index >= 15 is 0 Å². The Labute approximate surface area is 178 Å². The predicted molar refractivity (Wildman–Crippen MR) is 117 cm³/mol. The number of methoxy groups -OCH3 is 1. The summed E-state index contributed by atoms with van der Waals surface area (Å²) in [6, 6.07) is 13.9. The maximum Gasteiger partial charge on any atom is 0.319 e. The number of nitrogens with zero attached hydrogens (tertiary/aromatic N) is 1. The summed E-state index contributed by atoms with van der Waals surface area (Å²) in [6.45, 7) is 3.51. The first kappa shape index (κ1) is 22.1. The van der Waals surface area contributed by atoms with Crippen LogP contribution in [0.2, 0.25) is 0 Å². The average Bonchev–Trinajstić information content (AvgIpc) is 2.74. The van der Waals surface area contributed by atoms with Crippen molar-refractivity contribution in [3.63, 3.8) is 0 Å². The smallest absolute Gasteiger partial charge is 0.319 e. The third-order valence-electron chi connectivity index (χ3n) is 5.40. The molecule has 162 valence electrons. The molecule has 8 heteroatoms. The van der Waals surface area contributed by atoms with Crippen LogP contribution >= 0.6 is 0 Å². The lowest BCUT2D eigenvalue weighted by Crippen LogP contribution is -2.39. The first-order valence-electron chi connectivity index (χ1n) is 10.1. The minimum Gasteiger partial charge on any atom is -0.497 e. The number of hydrogen-bond donors (Lipinski definition) is 2. The largest absolute Gasteiger partial charge is 0.497 e. The molecule has 2 aromatic rings. The summed E-state index contributed by atoms with van der Waals surface area (Å²) in [7, 11) is -1.85. The Hall–Kier alpha value is -2.58. The first-order chi connectivity index (χ1) is 14.4. The van der Waals surface area contributed by atoms with Gasteiger partial charge in [-0.2, -0.15) is 4.31 Å². The van der Waals surface area contributed by atoms with E-state index in [1.165, 1.54) is 0 Å². The maximum atomic E-state index is 12.8. The van der Waals surface area contributed by atoms with Gasteiger partial charge in [0.25, 0.3) is 0 Å². The monoisotopic (exact) mass is 431 g/mol. The first-order valence-corrected chi connectivity index (χ1v) is 11.6. The number of aryl methyl sites for hydroxylation is 1. The second-order valence-corrected chi connectivity index (χ2v) is 9.50. The summed E-state index contributed by atoms with van der Waals surface area (Å²) in [5.41, 5.74) is 1.71. The van der Waals surface area contributed by atoms with E-state index in [1.54, 1.807) is 35.7 Å². The van der Waals surface area contributed by atoms with Crippen molar-refractivity contribution in [3.05, 3.63) is 54.1 Å². The summed E-state index contributed by atoms with van der Waals surface area (Å²) in [5.74, 6) is 1.08. The molecule has 2 aromatic carbocycles. The number of sulfonamides is 1. The van der Waals surface area contributed by atoms with Crippen molar-refractivity contribution in [2.24, 2.45) is 5.92 Å². The second kappa shape index (κ2) is 9.95. The Balaban J connectivity index is 1.41. The normalized spacial score (nSPS) is 15.5. The Morgan fingerprint density at radius 1 is 1.13 bits per heavy atom. The molecule has 0 spiro atoms. The number of benzene rings is 2. The molecule has 2 amide bonds. The molecule has 0 aliphatic carbocycles. The fourth-order valence-electron chi connectivity index (χ4n) is 3.56. The number of urea groups is 1. The molecule has 0 bridgehead atoms. The Kier molecular flexibility index (Phi) is 7.33. The van der Waals surface area contributed by atoms with E-state index in [0.717, 1.165) is 24.8 Å². The molecule has 1 aliphatic heterocycles. The molecular weight excluding hydrogens is 402 g/mol. The Morgan fingerprint density at radius 2 is 1.83 bits per heavy atom. The zero-order valence-electron chi connectivity index (χ0n) is 17.4. The zero-order chi connectivity index (χ0) is 21.6. The van der Waals surface area contributed by atoms with Crippen LogP contribution in [-0.2, 0) is 10.0 Å². The second-order valence-electron chi connectivity index (χ2n) is 7.56. The maximum absolute atomic E-state index is 12.8. The summed E-state index contributed by atoms with van der Waals surface area (Å²) in [5, 5.41) is 5.65. The topological polar surface area (TPSA) is 87.7 Å². The minimum absolute atomic E-state index is 0.261. The summed E-state index contributed by atoms with van der Waals surface area (Å²) < 4.78 is 32.3. The lowest BCUT2D eigenvalue weighted by atomic mass is 9.95. The number of ether oxygens (including phenoxy) is 1. The third-order valence-corrected chi connectivity index (χ3v) is 7.31. The van der Waals surface area contributed by atoms with Gasteiger partial charge in [-0.15, -0.1) is 0 Å². The van der Waals surface area contributed by atoms with Gasteiger partial charge in [0.2, 0.25) is 10.0 Å². The van der Waals surface area contributed by atoms with Gasteiger partial charge in [0.15, 0.2) is 0 Å². The number of nitrogens with one attached hydrogen (secondary N) is 2. The molecule has 0 radical (unpaired) electrons. The van der Waals surface area contributed by atoms with Crippen LogP contribution in [0, 0.1) is 12.8 Å². The Bertz CT molecular complexity index is 953. The van der Waals surface area contributed by atoms with E-state index in [4.69, 9.17) is 4.74 Å². The lowest BCUT2D eigenvalue weighted by Gasteiger charge is -2.31. The highest BCUT2D eigenvalue weighted by Gasteiger charge is 2.29. The van der Waals surface area contributed by atoms with Crippen molar-refractivity contribution in [1.29, 1.82) is 0 Å². The van der Waals surface area contributed by atoms with E-state index in [9.17, 15) is 13.2 Å². The van der Waals surface area contributed by atoms with Crippen LogP contribution in [0.25, 0.3) is 0 Å². The van der Waals surface area contributed by atoms with Gasteiger partial charge < -0.3 is 15.4 Å². The molecule has 30 heavy (non-hydrogen) atoms. The summed E-state index contributed by atoms with van der Waals surface area (Å²) >= 11 is 0. The highest BCUT2D eigenvalue weighted by atomic mass is 32.2. The number of carbonyl (C=O) groups is 1. The van der Waals surface area contributed by atoms with E-state index in [1.807, 2.05) is 31.2 Å². The molecule has 1 aliphatic rings. The molecule has 1 heterocycles. The molecule has 2 N–H and O–H groups in total. The van der Waals surface area contributed by atoms with Crippen molar-refractivity contribution in [2.45, 2.75) is 31.1 Å². The summed E-state index contributed by atoms with van der Waals surface area (Å²) in [6.07, 6.45) is 2.42. The zero-order valence-corrected chi connectivity index (χ0v) is 18.2. The van der Waals surface area contributed by atoms with Crippen molar-refractivity contribution in [1.82, 2.24) is 9.62 Å². The molecule has 0 atom stereocenters. The van der Waals surface area contributed by atoms with Gasteiger partial charge in [0.1, 0.15) is 5.75 Å². The van der Waals surface area contributed by atoms with E-state index in [-0.39, 0.29) is 6.03 Å². The van der Waals surface area contributed by atoms with Crippen LogP contribution in [0.4, 0.5) is 10.5 Å².